The van der Waals surface area contributed by atoms with Gasteiger partial charge in [0.25, 0.3) is 0 Å². The lowest BCUT2D eigenvalue weighted by atomic mass is 10.3. The fraction of sp³-hybridized carbons (Fsp3) is 0. The molecule has 0 radical (unpaired) electrons. The number of halogens is 3. The number of nitrogens with one attached hydrogen (secondary N) is 2. The van der Waals surface area contributed by atoms with E-state index in [-0.39, 0.29) is 10.3 Å². The smallest absolute Gasteiger partial charge is 0.176 e. The van der Waals surface area contributed by atoms with Crippen molar-refractivity contribution in [2.75, 3.05) is 10.6 Å². The molecule has 8 heteroatoms. The van der Waals surface area contributed by atoms with Crippen molar-refractivity contribution in [1.82, 2.24) is 9.97 Å². The zero-order chi connectivity index (χ0) is 13.8. The second-order valence-corrected chi connectivity index (χ2v) is 4.95. The van der Waals surface area contributed by atoms with Gasteiger partial charge in [-0.25, -0.2) is 9.97 Å². The van der Waals surface area contributed by atoms with Crippen LogP contribution in [0, 0.1) is 0 Å². The number of para-hydroxylation sites is 1. The number of anilines is 2. The molecule has 0 unspecified atom stereocenters. The molecule has 4 nitrogen and oxygen atoms in total. The maximum absolute atomic E-state index is 6.02. The summed E-state index contributed by atoms with van der Waals surface area (Å²) in [6, 6.07) is 5.15. The fourth-order valence-corrected chi connectivity index (χ4v) is 2.12. The van der Waals surface area contributed by atoms with Crippen molar-refractivity contribution in [3.63, 3.8) is 0 Å². The standard InChI is InChI=1S/C11H7Cl3N4S/c12-6-2-1-3-7(13)8(6)17-11(19)18-10-9(14)15-4-5-16-10/h1-5H,(H2,16,17,18,19). The summed E-state index contributed by atoms with van der Waals surface area (Å²) in [7, 11) is 0. The lowest BCUT2D eigenvalue weighted by Crippen LogP contribution is -2.20. The fourth-order valence-electron chi connectivity index (χ4n) is 1.27. The van der Waals surface area contributed by atoms with E-state index in [1.807, 2.05) is 0 Å². The largest absolute Gasteiger partial charge is 0.330 e. The van der Waals surface area contributed by atoms with Gasteiger partial charge in [-0.2, -0.15) is 0 Å². The highest BCUT2D eigenvalue weighted by Crippen LogP contribution is 2.30. The Morgan fingerprint density at radius 1 is 1.00 bits per heavy atom. The summed E-state index contributed by atoms with van der Waals surface area (Å²) in [4.78, 5) is 7.88. The van der Waals surface area contributed by atoms with Crippen molar-refractivity contribution in [3.8, 4) is 0 Å². The van der Waals surface area contributed by atoms with E-state index in [1.54, 1.807) is 18.2 Å². The molecule has 2 rings (SSSR count). The van der Waals surface area contributed by atoms with Crippen LogP contribution in [0.1, 0.15) is 0 Å². The minimum Gasteiger partial charge on any atom is -0.330 e. The molecular formula is C11H7Cl3N4S. The molecule has 98 valence electrons. The van der Waals surface area contributed by atoms with Crippen LogP contribution in [0.25, 0.3) is 0 Å². The van der Waals surface area contributed by atoms with E-state index in [2.05, 4.69) is 20.6 Å². The molecule has 1 aromatic carbocycles. The summed E-state index contributed by atoms with van der Waals surface area (Å²) in [5.74, 6) is 0.352. The molecule has 0 fully saturated rings. The van der Waals surface area contributed by atoms with Gasteiger partial charge >= 0.3 is 0 Å². The van der Waals surface area contributed by atoms with E-state index in [4.69, 9.17) is 47.0 Å². The van der Waals surface area contributed by atoms with Gasteiger partial charge in [0.15, 0.2) is 16.1 Å². The Morgan fingerprint density at radius 2 is 1.63 bits per heavy atom. The highest BCUT2D eigenvalue weighted by atomic mass is 35.5. The minimum absolute atomic E-state index is 0.219. The average molecular weight is 334 g/mol. The third-order valence-corrected chi connectivity index (χ3v) is 3.20. The summed E-state index contributed by atoms with van der Waals surface area (Å²) >= 11 is 23.0. The molecule has 1 aromatic heterocycles. The Hall–Kier alpha value is -1.14. The average Bonchev–Trinajstić information content (AvgIpc) is 2.37. The van der Waals surface area contributed by atoms with Crippen LogP contribution >= 0.6 is 47.0 Å². The van der Waals surface area contributed by atoms with E-state index in [0.29, 0.717) is 21.6 Å². The molecule has 0 aliphatic carbocycles. The second-order valence-electron chi connectivity index (χ2n) is 3.37. The number of hydrogen-bond donors (Lipinski definition) is 2. The lowest BCUT2D eigenvalue weighted by Gasteiger charge is -2.12. The number of nitrogens with zero attached hydrogens (tertiary/aromatic N) is 2. The van der Waals surface area contributed by atoms with Crippen LogP contribution in [0.4, 0.5) is 11.5 Å². The number of rotatable bonds is 2. The third kappa shape index (κ3) is 3.67. The summed E-state index contributed by atoms with van der Waals surface area (Å²) in [6.07, 6.45) is 2.98. The van der Waals surface area contributed by atoms with E-state index in [1.165, 1.54) is 12.4 Å². The van der Waals surface area contributed by atoms with Gasteiger partial charge in [-0.1, -0.05) is 40.9 Å². The maximum atomic E-state index is 6.02. The Kier molecular flexibility index (Phi) is 4.76. The van der Waals surface area contributed by atoms with Gasteiger partial charge in [-0.3, -0.25) is 0 Å². The van der Waals surface area contributed by atoms with Crippen molar-refractivity contribution in [1.29, 1.82) is 0 Å². The Morgan fingerprint density at radius 3 is 2.26 bits per heavy atom. The number of aromatic nitrogens is 2. The lowest BCUT2D eigenvalue weighted by molar-refractivity contribution is 1.21. The van der Waals surface area contributed by atoms with Crippen LogP contribution in [0.3, 0.4) is 0 Å². The molecule has 0 spiro atoms. The SMILES string of the molecule is S=C(Nc1nccnc1Cl)Nc1c(Cl)cccc1Cl. The minimum atomic E-state index is 0.219. The van der Waals surface area contributed by atoms with Gasteiger partial charge in [-0.15, -0.1) is 0 Å². The number of benzene rings is 1. The first kappa shape index (κ1) is 14.3. The van der Waals surface area contributed by atoms with Crippen LogP contribution in [0.5, 0.6) is 0 Å². The monoisotopic (exact) mass is 332 g/mol. The normalized spacial score (nSPS) is 10.1. The number of thiocarbonyl (C=S) groups is 1. The Balaban J connectivity index is 2.12. The van der Waals surface area contributed by atoms with Crippen LogP contribution < -0.4 is 10.6 Å². The number of hydrogen-bond acceptors (Lipinski definition) is 3. The molecule has 0 amide bonds. The molecule has 0 aliphatic rings. The van der Waals surface area contributed by atoms with Gasteiger partial charge in [-0.05, 0) is 24.4 Å². The van der Waals surface area contributed by atoms with E-state index >= 15 is 0 Å². The van der Waals surface area contributed by atoms with E-state index in [0.717, 1.165) is 0 Å². The van der Waals surface area contributed by atoms with Crippen LogP contribution in [0.2, 0.25) is 15.2 Å². The van der Waals surface area contributed by atoms with E-state index < -0.39 is 0 Å². The summed E-state index contributed by atoms with van der Waals surface area (Å²) in [5.41, 5.74) is 0.517. The highest BCUT2D eigenvalue weighted by molar-refractivity contribution is 7.80. The predicted octanol–water partition coefficient (Wildman–Crippen LogP) is 4.25. The third-order valence-electron chi connectivity index (χ3n) is 2.09. The quantitative estimate of drug-likeness (QED) is 0.805. The van der Waals surface area contributed by atoms with Crippen molar-refractivity contribution >= 4 is 63.6 Å². The molecule has 0 bridgehead atoms. The zero-order valence-electron chi connectivity index (χ0n) is 9.32. The first-order valence-electron chi connectivity index (χ1n) is 5.06. The second kappa shape index (κ2) is 6.34. The molecule has 19 heavy (non-hydrogen) atoms. The maximum Gasteiger partial charge on any atom is 0.176 e. The summed E-state index contributed by atoms with van der Waals surface area (Å²) < 4.78 is 0. The molecule has 0 saturated carbocycles. The van der Waals surface area contributed by atoms with Crippen LogP contribution in [-0.4, -0.2) is 15.1 Å². The van der Waals surface area contributed by atoms with Crippen LogP contribution in [0.15, 0.2) is 30.6 Å². The topological polar surface area (TPSA) is 49.8 Å². The molecular weight excluding hydrogens is 327 g/mol. The molecule has 0 aliphatic heterocycles. The van der Waals surface area contributed by atoms with Gasteiger partial charge < -0.3 is 10.6 Å². The molecule has 0 atom stereocenters. The first-order valence-corrected chi connectivity index (χ1v) is 6.60. The van der Waals surface area contributed by atoms with Gasteiger partial charge in [0.05, 0.1) is 15.7 Å². The summed E-state index contributed by atoms with van der Waals surface area (Å²) in [5, 5.41) is 7.10. The van der Waals surface area contributed by atoms with Gasteiger partial charge in [0.1, 0.15) is 0 Å². The highest BCUT2D eigenvalue weighted by Gasteiger charge is 2.09. The predicted molar refractivity (Wildman–Crippen MR) is 83.3 cm³/mol. The van der Waals surface area contributed by atoms with Crippen molar-refractivity contribution in [3.05, 3.63) is 45.8 Å². The summed E-state index contributed by atoms with van der Waals surface area (Å²) in [6.45, 7) is 0. The first-order chi connectivity index (χ1) is 9.08. The van der Waals surface area contributed by atoms with Crippen molar-refractivity contribution in [2.24, 2.45) is 0 Å². The Bertz CT molecular complexity index is 600. The van der Waals surface area contributed by atoms with Crippen molar-refractivity contribution < 1.29 is 0 Å². The van der Waals surface area contributed by atoms with Gasteiger partial charge in [0.2, 0.25) is 0 Å². The molecule has 0 saturated heterocycles. The van der Waals surface area contributed by atoms with Crippen LogP contribution in [-0.2, 0) is 0 Å². The zero-order valence-corrected chi connectivity index (χ0v) is 12.4. The van der Waals surface area contributed by atoms with Crippen molar-refractivity contribution in [2.45, 2.75) is 0 Å². The Labute approximate surface area is 130 Å². The van der Waals surface area contributed by atoms with Gasteiger partial charge in [0, 0.05) is 12.4 Å². The van der Waals surface area contributed by atoms with E-state index in [9.17, 15) is 0 Å². The molecule has 1 heterocycles. The molecule has 2 aromatic rings. The molecule has 2 N–H and O–H groups in total.